The minimum absolute atomic E-state index is 0.0266. The Morgan fingerprint density at radius 1 is 1.25 bits per heavy atom. The Hall–Kier alpha value is -2.76. The van der Waals surface area contributed by atoms with Gasteiger partial charge in [0.25, 0.3) is 5.91 Å². The van der Waals surface area contributed by atoms with Crippen LogP contribution in [0.1, 0.15) is 51.9 Å². The molecule has 0 aliphatic heterocycles. The molecule has 0 saturated heterocycles. The zero-order valence-corrected chi connectivity index (χ0v) is 13.8. The van der Waals surface area contributed by atoms with Gasteiger partial charge in [-0.3, -0.25) is 4.79 Å². The molecule has 24 heavy (non-hydrogen) atoms. The number of nitrogens with zero attached hydrogens (tertiary/aromatic N) is 4. The Kier molecular flexibility index (Phi) is 3.52. The SMILES string of the molecule is Cc1cc2nnc(C(=O)NC3CCCc4ccccc43)c(C)n2n1. The van der Waals surface area contributed by atoms with Crippen LogP contribution in [-0.4, -0.2) is 25.7 Å². The van der Waals surface area contributed by atoms with Crippen LogP contribution < -0.4 is 5.32 Å². The minimum atomic E-state index is -0.197. The number of carbonyl (C=O) groups excluding carboxylic acids is 1. The number of hydrogen-bond acceptors (Lipinski definition) is 4. The highest BCUT2D eigenvalue weighted by Gasteiger charge is 2.24. The summed E-state index contributed by atoms with van der Waals surface area (Å²) >= 11 is 0. The molecule has 0 bridgehead atoms. The summed E-state index contributed by atoms with van der Waals surface area (Å²) in [6.07, 6.45) is 3.09. The van der Waals surface area contributed by atoms with Gasteiger partial charge in [-0.1, -0.05) is 24.3 Å². The third-order valence-electron chi connectivity index (χ3n) is 4.62. The Balaban J connectivity index is 1.65. The van der Waals surface area contributed by atoms with Crippen LogP contribution >= 0.6 is 0 Å². The van der Waals surface area contributed by atoms with E-state index in [0.29, 0.717) is 17.0 Å². The van der Waals surface area contributed by atoms with Gasteiger partial charge in [0, 0.05) is 6.07 Å². The molecule has 2 aromatic heterocycles. The second kappa shape index (κ2) is 5.70. The number of aryl methyl sites for hydroxylation is 3. The van der Waals surface area contributed by atoms with Crippen LogP contribution in [0.25, 0.3) is 5.65 Å². The van der Waals surface area contributed by atoms with E-state index < -0.39 is 0 Å². The van der Waals surface area contributed by atoms with Crippen LogP contribution in [0.4, 0.5) is 0 Å². The minimum Gasteiger partial charge on any atom is -0.344 e. The van der Waals surface area contributed by atoms with Crippen LogP contribution in [0.2, 0.25) is 0 Å². The molecule has 122 valence electrons. The molecule has 3 aromatic rings. The standard InChI is InChI=1S/C18H19N5O/c1-11-10-16-20-21-17(12(2)23(16)22-11)18(24)19-15-9-5-7-13-6-3-4-8-14(13)15/h3-4,6,8,10,15H,5,7,9H2,1-2H3,(H,19,24). The van der Waals surface area contributed by atoms with Crippen molar-refractivity contribution in [2.45, 2.75) is 39.2 Å². The van der Waals surface area contributed by atoms with Gasteiger partial charge in [0.15, 0.2) is 11.3 Å². The fourth-order valence-corrected chi connectivity index (χ4v) is 3.42. The summed E-state index contributed by atoms with van der Waals surface area (Å²) in [5, 5.41) is 15.7. The van der Waals surface area contributed by atoms with E-state index in [4.69, 9.17) is 0 Å². The lowest BCUT2D eigenvalue weighted by atomic mass is 9.87. The predicted molar refractivity (Wildman–Crippen MR) is 89.8 cm³/mol. The number of amides is 1. The van der Waals surface area contributed by atoms with Crippen molar-refractivity contribution in [2.75, 3.05) is 0 Å². The molecule has 1 aromatic carbocycles. The maximum atomic E-state index is 12.7. The molecular formula is C18H19N5O. The van der Waals surface area contributed by atoms with Crippen LogP contribution in [-0.2, 0) is 6.42 Å². The number of hydrogen-bond donors (Lipinski definition) is 1. The molecule has 1 unspecified atom stereocenters. The van der Waals surface area contributed by atoms with Gasteiger partial charge in [-0.15, -0.1) is 10.2 Å². The average Bonchev–Trinajstić information content (AvgIpc) is 2.97. The molecule has 1 aliphatic carbocycles. The molecule has 0 spiro atoms. The molecule has 1 aliphatic rings. The highest BCUT2D eigenvalue weighted by molar-refractivity contribution is 5.93. The van der Waals surface area contributed by atoms with E-state index in [-0.39, 0.29) is 11.9 Å². The summed E-state index contributed by atoms with van der Waals surface area (Å²) in [5.74, 6) is -0.197. The fourth-order valence-electron chi connectivity index (χ4n) is 3.42. The number of nitrogens with one attached hydrogen (secondary N) is 1. The lowest BCUT2D eigenvalue weighted by Gasteiger charge is -2.26. The summed E-state index contributed by atoms with van der Waals surface area (Å²) in [4.78, 5) is 12.7. The number of fused-ring (bicyclic) bond motifs is 2. The van der Waals surface area contributed by atoms with Gasteiger partial charge in [0.1, 0.15) is 0 Å². The van der Waals surface area contributed by atoms with E-state index in [1.165, 1.54) is 11.1 Å². The second-order valence-electron chi connectivity index (χ2n) is 6.31. The maximum Gasteiger partial charge on any atom is 0.274 e. The lowest BCUT2D eigenvalue weighted by Crippen LogP contribution is -2.32. The van der Waals surface area contributed by atoms with Crippen molar-refractivity contribution < 1.29 is 4.79 Å². The van der Waals surface area contributed by atoms with Crippen LogP contribution in [0.5, 0.6) is 0 Å². The Morgan fingerprint density at radius 3 is 2.96 bits per heavy atom. The molecule has 4 rings (SSSR count). The molecule has 6 heteroatoms. The number of benzene rings is 1. The molecule has 2 heterocycles. The predicted octanol–water partition coefficient (Wildman–Crippen LogP) is 2.55. The monoisotopic (exact) mass is 321 g/mol. The highest BCUT2D eigenvalue weighted by atomic mass is 16.2. The summed E-state index contributed by atoms with van der Waals surface area (Å²) in [5.41, 5.74) is 5.06. The van der Waals surface area contributed by atoms with E-state index in [1.54, 1.807) is 4.52 Å². The summed E-state index contributed by atoms with van der Waals surface area (Å²) in [6.45, 7) is 3.74. The Labute approximate surface area is 139 Å². The topological polar surface area (TPSA) is 72.2 Å². The van der Waals surface area contributed by atoms with Gasteiger partial charge in [-0.05, 0) is 44.2 Å². The molecule has 1 amide bonds. The van der Waals surface area contributed by atoms with Crippen LogP contribution in [0.3, 0.4) is 0 Å². The first-order chi connectivity index (χ1) is 11.6. The van der Waals surface area contributed by atoms with Gasteiger partial charge in [-0.2, -0.15) is 5.10 Å². The van der Waals surface area contributed by atoms with Crippen molar-refractivity contribution in [1.29, 1.82) is 0 Å². The van der Waals surface area contributed by atoms with Gasteiger partial charge in [0.2, 0.25) is 0 Å². The van der Waals surface area contributed by atoms with Gasteiger partial charge >= 0.3 is 0 Å². The highest BCUT2D eigenvalue weighted by Crippen LogP contribution is 2.29. The quantitative estimate of drug-likeness (QED) is 0.787. The first kappa shape index (κ1) is 14.8. The van der Waals surface area contributed by atoms with E-state index >= 15 is 0 Å². The van der Waals surface area contributed by atoms with Crippen molar-refractivity contribution >= 4 is 11.6 Å². The van der Waals surface area contributed by atoms with E-state index in [0.717, 1.165) is 25.0 Å². The molecule has 0 saturated carbocycles. The smallest absolute Gasteiger partial charge is 0.274 e. The van der Waals surface area contributed by atoms with Crippen LogP contribution in [0, 0.1) is 13.8 Å². The normalized spacial score (nSPS) is 16.8. The van der Waals surface area contributed by atoms with E-state index in [9.17, 15) is 4.79 Å². The third kappa shape index (κ3) is 2.44. The molecule has 0 radical (unpaired) electrons. The van der Waals surface area contributed by atoms with Crippen molar-refractivity contribution in [3.8, 4) is 0 Å². The van der Waals surface area contributed by atoms with Gasteiger partial charge in [0.05, 0.1) is 17.4 Å². The third-order valence-corrected chi connectivity index (χ3v) is 4.62. The summed E-state index contributed by atoms with van der Waals surface area (Å²) in [6, 6.07) is 10.2. The van der Waals surface area contributed by atoms with Crippen LogP contribution in [0.15, 0.2) is 30.3 Å². The molecular weight excluding hydrogens is 302 g/mol. The Morgan fingerprint density at radius 2 is 2.08 bits per heavy atom. The first-order valence-electron chi connectivity index (χ1n) is 8.22. The van der Waals surface area contributed by atoms with Crippen molar-refractivity contribution in [1.82, 2.24) is 25.1 Å². The Bertz CT molecular complexity index is 930. The van der Waals surface area contributed by atoms with Crippen molar-refractivity contribution in [2.24, 2.45) is 0 Å². The molecule has 0 fully saturated rings. The van der Waals surface area contributed by atoms with Gasteiger partial charge < -0.3 is 5.32 Å². The zero-order valence-electron chi connectivity index (χ0n) is 13.8. The number of aromatic nitrogens is 4. The van der Waals surface area contributed by atoms with Crippen molar-refractivity contribution in [3.05, 3.63) is 58.5 Å². The first-order valence-corrected chi connectivity index (χ1v) is 8.22. The largest absolute Gasteiger partial charge is 0.344 e. The summed E-state index contributed by atoms with van der Waals surface area (Å²) < 4.78 is 1.67. The zero-order chi connectivity index (χ0) is 16.7. The second-order valence-corrected chi connectivity index (χ2v) is 6.31. The maximum absolute atomic E-state index is 12.7. The van der Waals surface area contributed by atoms with E-state index in [2.05, 4.69) is 32.7 Å². The van der Waals surface area contributed by atoms with Crippen molar-refractivity contribution in [3.63, 3.8) is 0 Å². The number of carbonyl (C=O) groups is 1. The van der Waals surface area contributed by atoms with Gasteiger partial charge in [-0.25, -0.2) is 4.52 Å². The average molecular weight is 321 g/mol. The lowest BCUT2D eigenvalue weighted by molar-refractivity contribution is 0.0925. The fraction of sp³-hybridized carbons (Fsp3) is 0.333. The summed E-state index contributed by atoms with van der Waals surface area (Å²) in [7, 11) is 0. The molecule has 6 nitrogen and oxygen atoms in total. The van der Waals surface area contributed by atoms with E-state index in [1.807, 2.05) is 32.0 Å². The number of rotatable bonds is 2. The molecule has 1 atom stereocenters. The molecule has 1 N–H and O–H groups in total.